The summed E-state index contributed by atoms with van der Waals surface area (Å²) in [5.41, 5.74) is 1.54. The average Bonchev–Trinajstić information content (AvgIpc) is 3.18. The predicted molar refractivity (Wildman–Crippen MR) is 81.3 cm³/mol. The first-order valence-corrected chi connectivity index (χ1v) is 7.98. The van der Waals surface area contributed by atoms with E-state index in [9.17, 15) is 14.7 Å². The Kier molecular flexibility index (Phi) is 3.36. The number of carbonyl (C=O) groups is 2. The molecule has 1 aromatic carbocycles. The molecule has 2 saturated heterocycles. The van der Waals surface area contributed by atoms with Crippen LogP contribution < -0.4 is 0 Å². The molecule has 0 unspecified atom stereocenters. The normalized spacial score (nSPS) is 34.9. The van der Waals surface area contributed by atoms with Gasteiger partial charge in [0.2, 0.25) is 0 Å². The van der Waals surface area contributed by atoms with Crippen LogP contribution in [-0.4, -0.2) is 41.8 Å². The minimum absolute atomic E-state index is 0.0661. The molecule has 2 aliphatic heterocycles. The first-order valence-electron chi connectivity index (χ1n) is 7.98. The quantitative estimate of drug-likeness (QED) is 0.853. The van der Waals surface area contributed by atoms with E-state index in [2.05, 4.69) is 0 Å². The minimum atomic E-state index is -0.631. The lowest BCUT2D eigenvalue weighted by Gasteiger charge is -2.25. The summed E-state index contributed by atoms with van der Waals surface area (Å²) in [7, 11) is 0. The van der Waals surface area contributed by atoms with Crippen molar-refractivity contribution in [2.24, 2.45) is 11.8 Å². The first kappa shape index (κ1) is 14.6. The van der Waals surface area contributed by atoms with Gasteiger partial charge in [0.05, 0.1) is 36.4 Å². The third-order valence-electron chi connectivity index (χ3n) is 5.04. The summed E-state index contributed by atoms with van der Waals surface area (Å²) in [6, 6.07) is 9.20. The maximum atomic E-state index is 13.0. The molecule has 4 rings (SSSR count). The number of allylic oxidation sites excluding steroid dienone is 1. The number of carbonyl (C=O) groups excluding carboxylic acids is 2. The van der Waals surface area contributed by atoms with Crippen molar-refractivity contribution in [3.8, 4) is 0 Å². The van der Waals surface area contributed by atoms with E-state index in [1.165, 1.54) is 0 Å². The lowest BCUT2D eigenvalue weighted by atomic mass is 9.77. The Hall–Kier alpha value is -1.98. The second-order valence-corrected chi connectivity index (χ2v) is 6.23. The van der Waals surface area contributed by atoms with E-state index < -0.39 is 24.1 Å². The van der Waals surface area contributed by atoms with Crippen molar-refractivity contribution in [3.05, 3.63) is 41.5 Å². The van der Waals surface area contributed by atoms with Gasteiger partial charge < -0.3 is 14.6 Å². The van der Waals surface area contributed by atoms with E-state index in [1.54, 1.807) is 6.92 Å². The highest BCUT2D eigenvalue weighted by molar-refractivity contribution is 6.30. The molecule has 0 radical (unpaired) electrons. The third kappa shape index (κ3) is 2.00. The van der Waals surface area contributed by atoms with E-state index in [0.717, 1.165) is 5.56 Å². The summed E-state index contributed by atoms with van der Waals surface area (Å²) in [5.74, 6) is -1.32. The van der Waals surface area contributed by atoms with Crippen molar-refractivity contribution in [1.29, 1.82) is 0 Å². The van der Waals surface area contributed by atoms with Gasteiger partial charge in [-0.15, -0.1) is 0 Å². The molecule has 0 aromatic heterocycles. The molecule has 5 heteroatoms. The molecule has 0 spiro atoms. The zero-order valence-electron chi connectivity index (χ0n) is 12.8. The van der Waals surface area contributed by atoms with E-state index in [1.807, 2.05) is 30.3 Å². The summed E-state index contributed by atoms with van der Waals surface area (Å²) < 4.78 is 10.9. The molecule has 3 aliphatic rings. The van der Waals surface area contributed by atoms with Gasteiger partial charge in [-0.05, 0) is 12.5 Å². The van der Waals surface area contributed by atoms with Crippen LogP contribution in [0.25, 0.3) is 5.57 Å². The monoisotopic (exact) mass is 314 g/mol. The van der Waals surface area contributed by atoms with Crippen molar-refractivity contribution in [1.82, 2.24) is 0 Å². The van der Waals surface area contributed by atoms with Gasteiger partial charge in [-0.1, -0.05) is 30.3 Å². The van der Waals surface area contributed by atoms with Gasteiger partial charge in [-0.2, -0.15) is 0 Å². The van der Waals surface area contributed by atoms with E-state index in [4.69, 9.17) is 9.47 Å². The summed E-state index contributed by atoms with van der Waals surface area (Å²) in [5, 5.41) is 10.1. The number of benzene rings is 1. The van der Waals surface area contributed by atoms with Crippen molar-refractivity contribution < 1.29 is 24.2 Å². The van der Waals surface area contributed by atoms with Gasteiger partial charge in [0.1, 0.15) is 0 Å². The molecule has 5 atom stereocenters. The number of ketones is 1. The largest absolute Gasteiger partial charge is 0.463 e. The van der Waals surface area contributed by atoms with Gasteiger partial charge >= 0.3 is 5.97 Å². The summed E-state index contributed by atoms with van der Waals surface area (Å²) in [4.78, 5) is 25.5. The van der Waals surface area contributed by atoms with Gasteiger partial charge in [-0.25, -0.2) is 4.79 Å². The van der Waals surface area contributed by atoms with Crippen LogP contribution in [0.4, 0.5) is 0 Å². The lowest BCUT2D eigenvalue weighted by Crippen LogP contribution is -2.38. The van der Waals surface area contributed by atoms with Crippen LogP contribution >= 0.6 is 0 Å². The Bertz CT molecular complexity index is 693. The summed E-state index contributed by atoms with van der Waals surface area (Å²) in [6.07, 6.45) is -0.975. The second-order valence-electron chi connectivity index (χ2n) is 6.23. The minimum Gasteiger partial charge on any atom is -0.463 e. The highest BCUT2D eigenvalue weighted by atomic mass is 16.5. The van der Waals surface area contributed by atoms with Crippen molar-refractivity contribution in [2.75, 3.05) is 6.61 Å². The molecule has 0 saturated carbocycles. The molecule has 0 amide bonds. The number of hydrogen-bond donors (Lipinski definition) is 1. The maximum Gasteiger partial charge on any atom is 0.335 e. The Labute approximate surface area is 133 Å². The highest BCUT2D eigenvalue weighted by Gasteiger charge is 2.63. The number of ether oxygens (including phenoxy) is 2. The molecule has 1 aliphatic carbocycles. The van der Waals surface area contributed by atoms with Gasteiger partial charge in [0, 0.05) is 17.9 Å². The number of aliphatic hydroxyl groups excluding tert-OH is 1. The van der Waals surface area contributed by atoms with Crippen LogP contribution in [0.3, 0.4) is 0 Å². The van der Waals surface area contributed by atoms with Crippen LogP contribution in [0.1, 0.15) is 18.9 Å². The third-order valence-corrected chi connectivity index (χ3v) is 5.04. The van der Waals surface area contributed by atoms with E-state index >= 15 is 0 Å². The lowest BCUT2D eigenvalue weighted by molar-refractivity contribution is -0.139. The fraction of sp³-hybridized carbons (Fsp3) is 0.444. The number of esters is 1. The van der Waals surface area contributed by atoms with Gasteiger partial charge in [0.15, 0.2) is 5.78 Å². The van der Waals surface area contributed by atoms with Crippen LogP contribution in [0, 0.1) is 11.8 Å². The number of fused-ring (bicyclic) bond motifs is 5. The molecule has 2 heterocycles. The SMILES string of the molecule is CCOC(=O)C1=C(c2ccccc2)C(=O)[C@@H]2[C@H]1[C@@H]1O[C@H]2C[C@@H]1O. The van der Waals surface area contributed by atoms with Crippen LogP contribution in [0.2, 0.25) is 0 Å². The smallest absolute Gasteiger partial charge is 0.335 e. The van der Waals surface area contributed by atoms with Crippen molar-refractivity contribution >= 4 is 17.3 Å². The van der Waals surface area contributed by atoms with Crippen LogP contribution in [0.5, 0.6) is 0 Å². The molecule has 1 N–H and O–H groups in total. The molecule has 120 valence electrons. The molecule has 5 nitrogen and oxygen atoms in total. The molecule has 23 heavy (non-hydrogen) atoms. The van der Waals surface area contributed by atoms with Gasteiger partial charge in [0.25, 0.3) is 0 Å². The maximum absolute atomic E-state index is 13.0. The molecule has 2 bridgehead atoms. The molecular formula is C18H18O5. The standard InChI is InChI=1S/C18H18O5/c1-2-22-18(21)15-12(9-6-4-3-5-7-9)16(20)13-11-8-10(19)17(23-11)14(13)15/h3-7,10-11,13-14,17,19H,2,8H2,1H3/t10-,11-,13-,14+,17+/m0/s1. The fourth-order valence-corrected chi connectivity index (χ4v) is 4.20. The predicted octanol–water partition coefficient (Wildman–Crippen LogP) is 1.35. The Morgan fingerprint density at radius 2 is 2.04 bits per heavy atom. The van der Waals surface area contributed by atoms with Crippen molar-refractivity contribution in [3.63, 3.8) is 0 Å². The fourth-order valence-electron chi connectivity index (χ4n) is 4.20. The highest BCUT2D eigenvalue weighted by Crippen LogP contribution is 2.54. The molecular weight excluding hydrogens is 296 g/mol. The van der Waals surface area contributed by atoms with Crippen LogP contribution in [0.15, 0.2) is 35.9 Å². The van der Waals surface area contributed by atoms with Gasteiger partial charge in [-0.3, -0.25) is 4.79 Å². The number of rotatable bonds is 3. The summed E-state index contributed by atoms with van der Waals surface area (Å²) in [6.45, 7) is 1.98. The first-order chi connectivity index (χ1) is 11.1. The van der Waals surface area contributed by atoms with Crippen LogP contribution in [-0.2, 0) is 19.1 Å². The summed E-state index contributed by atoms with van der Waals surface area (Å²) >= 11 is 0. The zero-order chi connectivity index (χ0) is 16.1. The number of hydrogen-bond acceptors (Lipinski definition) is 5. The Morgan fingerprint density at radius 1 is 1.30 bits per heavy atom. The molecule has 1 aromatic rings. The average molecular weight is 314 g/mol. The Morgan fingerprint density at radius 3 is 2.74 bits per heavy atom. The Balaban J connectivity index is 1.86. The topological polar surface area (TPSA) is 72.8 Å². The molecule has 2 fully saturated rings. The van der Waals surface area contributed by atoms with E-state index in [0.29, 0.717) is 17.6 Å². The number of aliphatic hydroxyl groups is 1. The van der Waals surface area contributed by atoms with E-state index in [-0.39, 0.29) is 24.4 Å². The zero-order valence-corrected chi connectivity index (χ0v) is 12.8. The second kappa shape index (κ2) is 5.28. The van der Waals surface area contributed by atoms with Crippen molar-refractivity contribution in [2.45, 2.75) is 31.7 Å². The number of Topliss-reactive ketones (excluding diaryl/α,β-unsaturated/α-hetero) is 1.